The van der Waals surface area contributed by atoms with Crippen LogP contribution < -0.4 is 19.9 Å². The Hall–Kier alpha value is -3.37. The minimum absolute atomic E-state index is 0.202. The molecule has 0 radical (unpaired) electrons. The Morgan fingerprint density at radius 1 is 1.05 bits per heavy atom. The van der Waals surface area contributed by atoms with Gasteiger partial charge in [0.05, 0.1) is 24.7 Å². The minimum atomic E-state index is -0.206. The Morgan fingerprint density at radius 3 is 2.44 bits per heavy atom. The van der Waals surface area contributed by atoms with Crippen molar-refractivity contribution in [1.82, 2.24) is 14.3 Å². The van der Waals surface area contributed by atoms with Gasteiger partial charge >= 0.3 is 0 Å². The number of thiocarbonyl (C=S) groups is 1. The maximum Gasteiger partial charge on any atom is 0.267 e. The van der Waals surface area contributed by atoms with E-state index in [1.165, 1.54) is 11.8 Å². The van der Waals surface area contributed by atoms with Crippen molar-refractivity contribution in [3.8, 4) is 11.5 Å². The maximum absolute atomic E-state index is 13.8. The van der Waals surface area contributed by atoms with Gasteiger partial charge in [0.2, 0.25) is 0 Å². The zero-order valence-electron chi connectivity index (χ0n) is 23.0. The lowest BCUT2D eigenvalue weighted by atomic mass is 10.1. The van der Waals surface area contributed by atoms with Crippen molar-refractivity contribution < 1.29 is 14.3 Å². The normalized spacial score (nSPS) is 14.5. The van der Waals surface area contributed by atoms with Crippen LogP contribution in [0, 0.1) is 6.92 Å². The summed E-state index contributed by atoms with van der Waals surface area (Å²) in [4.78, 5) is 36.3. The molecule has 8 nitrogen and oxygen atoms in total. The molecule has 3 heterocycles. The van der Waals surface area contributed by atoms with Crippen molar-refractivity contribution in [2.24, 2.45) is 0 Å². The minimum Gasteiger partial charge on any atom is -0.493 e. The Bertz CT molecular complexity index is 1480. The Morgan fingerprint density at radius 2 is 1.77 bits per heavy atom. The summed E-state index contributed by atoms with van der Waals surface area (Å²) in [5.41, 5.74) is 2.73. The molecule has 1 fully saturated rings. The molecule has 0 saturated carbocycles. The summed E-state index contributed by atoms with van der Waals surface area (Å²) in [6.45, 7) is 8.07. The Kier molecular flexibility index (Phi) is 9.29. The molecule has 1 amide bonds. The summed E-state index contributed by atoms with van der Waals surface area (Å²) in [6.07, 6.45) is 5.86. The van der Waals surface area contributed by atoms with Gasteiger partial charge in [-0.25, -0.2) is 4.98 Å². The van der Waals surface area contributed by atoms with Gasteiger partial charge in [-0.05, 0) is 61.6 Å². The van der Waals surface area contributed by atoms with E-state index in [2.05, 4.69) is 18.7 Å². The zero-order valence-corrected chi connectivity index (χ0v) is 24.7. The summed E-state index contributed by atoms with van der Waals surface area (Å²) in [5.74, 6) is 1.68. The van der Waals surface area contributed by atoms with E-state index in [0.29, 0.717) is 50.7 Å². The second kappa shape index (κ2) is 12.7. The van der Waals surface area contributed by atoms with E-state index in [1.54, 1.807) is 35.8 Å². The zero-order chi connectivity index (χ0) is 28.1. The van der Waals surface area contributed by atoms with E-state index in [-0.39, 0.29) is 11.5 Å². The molecule has 2 aromatic heterocycles. The van der Waals surface area contributed by atoms with E-state index in [0.717, 1.165) is 37.1 Å². The third kappa shape index (κ3) is 6.12. The molecular weight excluding hydrogens is 532 g/mol. The number of aryl methyl sites for hydroxylation is 1. The molecule has 0 unspecified atom stereocenters. The molecule has 1 aromatic carbocycles. The SMILES string of the molecule is CCCN(CCC)c1nc2ccc(C)cn2c(=O)c1C=C1SC(=S)N(CCc2ccc(OC)c(OC)c2)C1=O. The van der Waals surface area contributed by atoms with E-state index < -0.39 is 0 Å². The van der Waals surface area contributed by atoms with Crippen molar-refractivity contribution in [2.75, 3.05) is 38.8 Å². The number of carbonyl (C=O) groups excluding carboxylic acids is 1. The van der Waals surface area contributed by atoms with E-state index in [9.17, 15) is 9.59 Å². The average molecular weight is 567 g/mol. The first-order valence-corrected chi connectivity index (χ1v) is 14.3. The second-order valence-corrected chi connectivity index (χ2v) is 11.0. The fraction of sp³-hybridized carbons (Fsp3) is 0.379. The number of methoxy groups -OCH3 is 2. The van der Waals surface area contributed by atoms with Crippen molar-refractivity contribution in [3.05, 3.63) is 68.5 Å². The van der Waals surface area contributed by atoms with Crippen LogP contribution in [0.25, 0.3) is 11.7 Å². The van der Waals surface area contributed by atoms with Crippen LogP contribution in [-0.2, 0) is 11.2 Å². The molecular formula is C29H34N4O4S2. The first kappa shape index (κ1) is 28.6. The summed E-state index contributed by atoms with van der Waals surface area (Å²) >= 11 is 6.80. The molecule has 1 aliphatic heterocycles. The van der Waals surface area contributed by atoms with Gasteiger partial charge in [0.25, 0.3) is 11.5 Å². The van der Waals surface area contributed by atoms with Crippen molar-refractivity contribution in [3.63, 3.8) is 0 Å². The lowest BCUT2D eigenvalue weighted by molar-refractivity contribution is -0.122. The van der Waals surface area contributed by atoms with Crippen LogP contribution in [0.5, 0.6) is 11.5 Å². The number of nitrogens with zero attached hydrogens (tertiary/aromatic N) is 4. The number of aromatic nitrogens is 2. The number of hydrogen-bond acceptors (Lipinski definition) is 8. The molecule has 10 heteroatoms. The number of amides is 1. The first-order valence-electron chi connectivity index (χ1n) is 13.1. The number of carbonyl (C=O) groups is 1. The fourth-order valence-electron chi connectivity index (χ4n) is 4.58. The molecule has 206 valence electrons. The maximum atomic E-state index is 13.8. The lowest BCUT2D eigenvalue weighted by Crippen LogP contribution is -2.31. The van der Waals surface area contributed by atoms with Crippen LogP contribution in [0.4, 0.5) is 5.82 Å². The number of fused-ring (bicyclic) bond motifs is 1. The quantitative estimate of drug-likeness (QED) is 0.235. The number of anilines is 1. The number of ether oxygens (including phenoxy) is 2. The number of pyridine rings is 1. The molecule has 1 saturated heterocycles. The molecule has 0 bridgehead atoms. The predicted molar refractivity (Wildman–Crippen MR) is 162 cm³/mol. The third-order valence-electron chi connectivity index (χ3n) is 6.49. The third-order valence-corrected chi connectivity index (χ3v) is 7.87. The summed E-state index contributed by atoms with van der Waals surface area (Å²) in [6, 6.07) is 9.49. The van der Waals surface area contributed by atoms with Crippen molar-refractivity contribution >= 4 is 51.7 Å². The first-order chi connectivity index (χ1) is 18.8. The van der Waals surface area contributed by atoms with Crippen LogP contribution >= 0.6 is 24.0 Å². The van der Waals surface area contributed by atoms with Crippen LogP contribution in [0.3, 0.4) is 0 Å². The molecule has 4 rings (SSSR count). The summed E-state index contributed by atoms with van der Waals surface area (Å²) in [7, 11) is 3.19. The lowest BCUT2D eigenvalue weighted by Gasteiger charge is -2.24. The molecule has 0 atom stereocenters. The van der Waals surface area contributed by atoms with Crippen molar-refractivity contribution in [1.29, 1.82) is 0 Å². The number of hydrogen-bond donors (Lipinski definition) is 0. The average Bonchev–Trinajstić information content (AvgIpc) is 3.20. The smallest absolute Gasteiger partial charge is 0.267 e. The van der Waals surface area contributed by atoms with Gasteiger partial charge in [-0.3, -0.25) is 18.9 Å². The van der Waals surface area contributed by atoms with Gasteiger partial charge in [-0.1, -0.05) is 50.0 Å². The number of thioether (sulfide) groups is 1. The van der Waals surface area contributed by atoms with E-state index in [1.807, 2.05) is 37.3 Å². The highest BCUT2D eigenvalue weighted by Crippen LogP contribution is 2.34. The topological polar surface area (TPSA) is 76.4 Å². The van der Waals surface area contributed by atoms with Crippen molar-refractivity contribution in [2.45, 2.75) is 40.0 Å². The van der Waals surface area contributed by atoms with Gasteiger partial charge in [0.15, 0.2) is 11.5 Å². The largest absolute Gasteiger partial charge is 0.493 e. The highest BCUT2D eigenvalue weighted by Gasteiger charge is 2.32. The molecule has 1 aliphatic rings. The van der Waals surface area contributed by atoms with Gasteiger partial charge in [0.1, 0.15) is 15.8 Å². The summed E-state index contributed by atoms with van der Waals surface area (Å²) in [5, 5.41) is 0. The number of rotatable bonds is 11. The second-order valence-electron chi connectivity index (χ2n) is 9.35. The highest BCUT2D eigenvalue weighted by molar-refractivity contribution is 8.26. The molecule has 0 N–H and O–H groups in total. The fourth-order valence-corrected chi connectivity index (χ4v) is 5.87. The number of benzene rings is 1. The molecule has 3 aromatic rings. The monoisotopic (exact) mass is 566 g/mol. The summed E-state index contributed by atoms with van der Waals surface area (Å²) < 4.78 is 12.7. The standard InChI is InChI=1S/C29H34N4O4S2/c1-6-13-31(14-7-2)26-21(27(34)33-18-19(3)8-11-25(33)30-26)17-24-28(35)32(29(38)39-24)15-12-20-9-10-22(36-4)23(16-20)37-5/h8-11,16-18H,6-7,12-15H2,1-5H3. The molecule has 0 aliphatic carbocycles. The molecule has 0 spiro atoms. The Labute approximate surface area is 238 Å². The van der Waals surface area contributed by atoms with Crippen LogP contribution in [-0.4, -0.2) is 58.4 Å². The predicted octanol–water partition coefficient (Wildman–Crippen LogP) is 5.09. The van der Waals surface area contributed by atoms with Crippen LogP contribution in [0.1, 0.15) is 43.4 Å². The van der Waals surface area contributed by atoms with Gasteiger partial charge in [-0.15, -0.1) is 0 Å². The molecule has 39 heavy (non-hydrogen) atoms. The van der Waals surface area contributed by atoms with E-state index in [4.69, 9.17) is 26.7 Å². The highest BCUT2D eigenvalue weighted by atomic mass is 32.2. The van der Waals surface area contributed by atoms with Crippen LogP contribution in [0.2, 0.25) is 0 Å². The Balaban J connectivity index is 1.68. The van der Waals surface area contributed by atoms with Gasteiger partial charge in [0, 0.05) is 25.8 Å². The van der Waals surface area contributed by atoms with Gasteiger partial charge < -0.3 is 14.4 Å². The van der Waals surface area contributed by atoms with Gasteiger partial charge in [-0.2, -0.15) is 0 Å². The van der Waals surface area contributed by atoms with Crippen LogP contribution in [0.15, 0.2) is 46.2 Å². The van der Waals surface area contributed by atoms with E-state index >= 15 is 0 Å².